The van der Waals surface area contributed by atoms with Gasteiger partial charge in [0.2, 0.25) is 5.95 Å². The molecule has 0 radical (unpaired) electrons. The first-order valence-electron chi connectivity index (χ1n) is 10.8. The Morgan fingerprint density at radius 1 is 1.03 bits per heavy atom. The van der Waals surface area contributed by atoms with E-state index in [2.05, 4.69) is 62.0 Å². The van der Waals surface area contributed by atoms with E-state index in [1.165, 1.54) is 18.4 Å². The first-order valence-corrected chi connectivity index (χ1v) is 10.8. The van der Waals surface area contributed by atoms with E-state index in [9.17, 15) is 4.79 Å². The third-order valence-electron chi connectivity index (χ3n) is 6.14. The van der Waals surface area contributed by atoms with Gasteiger partial charge in [-0.05, 0) is 72.7 Å². The molecule has 0 spiro atoms. The molecule has 1 amide bonds. The molecule has 2 aromatic carbocycles. The number of amides is 1. The molecule has 3 heterocycles. The van der Waals surface area contributed by atoms with E-state index in [1.54, 1.807) is 0 Å². The number of rotatable bonds is 5. The van der Waals surface area contributed by atoms with Crippen molar-refractivity contribution in [1.29, 1.82) is 0 Å². The number of hydrogen-bond acceptors (Lipinski definition) is 5. The van der Waals surface area contributed by atoms with E-state index in [4.69, 9.17) is 0 Å². The lowest BCUT2D eigenvalue weighted by molar-refractivity contribution is 0.0966. The molecule has 0 saturated heterocycles. The van der Waals surface area contributed by atoms with Crippen molar-refractivity contribution in [3.8, 4) is 22.6 Å². The Morgan fingerprint density at radius 3 is 2.69 bits per heavy atom. The van der Waals surface area contributed by atoms with E-state index in [0.29, 0.717) is 24.2 Å². The maximum Gasteiger partial charge on any atom is 0.251 e. The van der Waals surface area contributed by atoms with E-state index in [-0.39, 0.29) is 5.91 Å². The Labute approximate surface area is 185 Å². The fourth-order valence-corrected chi connectivity index (χ4v) is 4.21. The van der Waals surface area contributed by atoms with Gasteiger partial charge in [0.25, 0.3) is 5.91 Å². The molecular formula is C25H22N6O. The van der Waals surface area contributed by atoms with Crippen LogP contribution in [0.3, 0.4) is 0 Å². The molecule has 1 aliphatic heterocycles. The number of fused-ring (bicyclic) bond motifs is 1. The molecule has 7 heteroatoms. The van der Waals surface area contributed by atoms with Gasteiger partial charge < -0.3 is 10.6 Å². The Hall–Kier alpha value is -4.00. The number of hydrogen-bond donors (Lipinski definition) is 3. The fraction of sp³-hybridized carbons (Fsp3) is 0.200. The second-order valence-corrected chi connectivity index (χ2v) is 8.47. The van der Waals surface area contributed by atoms with Crippen molar-refractivity contribution in [2.24, 2.45) is 0 Å². The zero-order chi connectivity index (χ0) is 21.7. The normalized spacial score (nSPS) is 14.8. The molecule has 1 aliphatic carbocycles. The van der Waals surface area contributed by atoms with Crippen LogP contribution in [0.5, 0.6) is 0 Å². The highest BCUT2D eigenvalue weighted by atomic mass is 16.1. The van der Waals surface area contributed by atoms with Crippen LogP contribution in [0.4, 0.5) is 11.6 Å². The van der Waals surface area contributed by atoms with Gasteiger partial charge in [0, 0.05) is 35.1 Å². The number of anilines is 2. The summed E-state index contributed by atoms with van der Waals surface area (Å²) in [5.41, 5.74) is 8.09. The van der Waals surface area contributed by atoms with Gasteiger partial charge in [-0.3, -0.25) is 14.9 Å². The van der Waals surface area contributed by atoms with Crippen LogP contribution in [0.2, 0.25) is 0 Å². The lowest BCUT2D eigenvalue weighted by Gasteiger charge is -2.08. The number of nitrogens with one attached hydrogen (secondary N) is 3. The van der Waals surface area contributed by atoms with Crippen LogP contribution in [0.25, 0.3) is 22.6 Å². The van der Waals surface area contributed by atoms with E-state index in [0.717, 1.165) is 39.2 Å². The Kier molecular flexibility index (Phi) is 4.28. The van der Waals surface area contributed by atoms with Crippen LogP contribution in [-0.4, -0.2) is 26.1 Å². The number of H-pyrrole nitrogens is 1. The summed E-state index contributed by atoms with van der Waals surface area (Å²) in [5.74, 6) is 1.86. The predicted octanol–water partition coefficient (Wildman–Crippen LogP) is 4.71. The molecule has 6 rings (SSSR count). The molecule has 1 saturated carbocycles. The molecule has 4 aromatic rings. The topological polar surface area (TPSA) is 95.6 Å². The van der Waals surface area contributed by atoms with E-state index < -0.39 is 0 Å². The van der Waals surface area contributed by atoms with Crippen LogP contribution < -0.4 is 10.6 Å². The third kappa shape index (κ3) is 3.41. The van der Waals surface area contributed by atoms with Gasteiger partial charge in [0.1, 0.15) is 0 Å². The van der Waals surface area contributed by atoms with Crippen molar-refractivity contribution in [3.63, 3.8) is 0 Å². The van der Waals surface area contributed by atoms with Crippen molar-refractivity contribution in [2.75, 3.05) is 5.32 Å². The molecular weight excluding hydrogens is 400 g/mol. The van der Waals surface area contributed by atoms with Gasteiger partial charge in [-0.2, -0.15) is 4.98 Å². The SMILES string of the molecule is Cc1cc(-c2nc(Nc3ccc4c(c3)CNC4=O)n[nH]2)ccc1-c1ccc(C2CC2)cn1. The summed E-state index contributed by atoms with van der Waals surface area (Å²) in [6.45, 7) is 2.64. The minimum Gasteiger partial charge on any atom is -0.348 e. The van der Waals surface area contributed by atoms with Crippen LogP contribution in [0.1, 0.15) is 45.8 Å². The summed E-state index contributed by atoms with van der Waals surface area (Å²) in [5, 5.41) is 13.3. The highest BCUT2D eigenvalue weighted by Crippen LogP contribution is 2.40. The number of nitrogens with zero attached hydrogens (tertiary/aromatic N) is 3. The van der Waals surface area contributed by atoms with Crippen LogP contribution >= 0.6 is 0 Å². The molecule has 0 atom stereocenters. The quantitative estimate of drug-likeness (QED) is 0.433. The van der Waals surface area contributed by atoms with Crippen LogP contribution in [-0.2, 0) is 6.54 Å². The minimum atomic E-state index is -0.0281. The van der Waals surface area contributed by atoms with Gasteiger partial charge in [0.15, 0.2) is 5.82 Å². The minimum absolute atomic E-state index is 0.0281. The van der Waals surface area contributed by atoms with Crippen molar-refractivity contribution >= 4 is 17.5 Å². The molecule has 158 valence electrons. The van der Waals surface area contributed by atoms with Gasteiger partial charge in [-0.1, -0.05) is 18.2 Å². The van der Waals surface area contributed by atoms with Gasteiger partial charge >= 0.3 is 0 Å². The fourth-order valence-electron chi connectivity index (χ4n) is 4.21. The first kappa shape index (κ1) is 18.7. The van der Waals surface area contributed by atoms with Gasteiger partial charge in [0.05, 0.1) is 5.69 Å². The highest BCUT2D eigenvalue weighted by molar-refractivity contribution is 5.98. The molecule has 0 unspecified atom stereocenters. The highest BCUT2D eigenvalue weighted by Gasteiger charge is 2.23. The number of carbonyl (C=O) groups is 1. The average Bonchev–Trinajstić information content (AvgIpc) is 3.45. The Morgan fingerprint density at radius 2 is 1.91 bits per heavy atom. The summed E-state index contributed by atoms with van der Waals surface area (Å²) in [4.78, 5) is 21.0. The lowest BCUT2D eigenvalue weighted by Crippen LogP contribution is -2.12. The van der Waals surface area contributed by atoms with Crippen molar-refractivity contribution in [3.05, 3.63) is 77.0 Å². The third-order valence-corrected chi connectivity index (χ3v) is 6.14. The van der Waals surface area contributed by atoms with Crippen LogP contribution in [0, 0.1) is 6.92 Å². The largest absolute Gasteiger partial charge is 0.348 e. The molecule has 2 aliphatic rings. The Bertz CT molecular complexity index is 1340. The van der Waals surface area contributed by atoms with Crippen LogP contribution in [0.15, 0.2) is 54.7 Å². The second-order valence-electron chi connectivity index (χ2n) is 8.47. The lowest BCUT2D eigenvalue weighted by atomic mass is 10.0. The second kappa shape index (κ2) is 7.30. The summed E-state index contributed by atoms with van der Waals surface area (Å²) in [6, 6.07) is 16.2. The van der Waals surface area contributed by atoms with Gasteiger partial charge in [-0.25, -0.2) is 0 Å². The number of benzene rings is 2. The molecule has 32 heavy (non-hydrogen) atoms. The molecule has 2 aromatic heterocycles. The smallest absolute Gasteiger partial charge is 0.251 e. The predicted molar refractivity (Wildman–Crippen MR) is 123 cm³/mol. The number of aromatic amines is 1. The molecule has 1 fully saturated rings. The molecule has 0 bridgehead atoms. The zero-order valence-electron chi connectivity index (χ0n) is 17.6. The number of aromatic nitrogens is 4. The zero-order valence-corrected chi connectivity index (χ0v) is 17.6. The van der Waals surface area contributed by atoms with Gasteiger partial charge in [-0.15, -0.1) is 5.10 Å². The van der Waals surface area contributed by atoms with Crippen molar-refractivity contribution in [2.45, 2.75) is 32.2 Å². The maximum atomic E-state index is 11.7. The monoisotopic (exact) mass is 422 g/mol. The summed E-state index contributed by atoms with van der Waals surface area (Å²) < 4.78 is 0. The molecule has 7 nitrogen and oxygen atoms in total. The first-order chi connectivity index (χ1) is 15.6. The number of pyridine rings is 1. The average molecular weight is 422 g/mol. The number of carbonyl (C=O) groups excluding carboxylic acids is 1. The molecule has 3 N–H and O–H groups in total. The summed E-state index contributed by atoms with van der Waals surface area (Å²) >= 11 is 0. The summed E-state index contributed by atoms with van der Waals surface area (Å²) in [6.07, 6.45) is 4.58. The maximum absolute atomic E-state index is 11.7. The van der Waals surface area contributed by atoms with Crippen molar-refractivity contribution in [1.82, 2.24) is 25.5 Å². The van der Waals surface area contributed by atoms with E-state index in [1.807, 2.05) is 30.5 Å². The van der Waals surface area contributed by atoms with Crippen molar-refractivity contribution < 1.29 is 4.79 Å². The summed E-state index contributed by atoms with van der Waals surface area (Å²) in [7, 11) is 0. The van der Waals surface area contributed by atoms with E-state index >= 15 is 0 Å². The standard InChI is InChI=1S/C25H22N6O/c1-14-10-16(4-7-20(14)22-9-5-17(12-26-22)15-2-3-15)23-29-25(31-30-23)28-19-6-8-21-18(11-19)13-27-24(21)32/h4-12,15H,2-3,13H2,1H3,(H,27,32)(H2,28,29,30,31). The number of aryl methyl sites for hydroxylation is 1. The Balaban J connectivity index is 1.21.